The fraction of sp³-hybridized carbons (Fsp3) is 0.467. The third-order valence-corrected chi connectivity index (χ3v) is 11.2. The van der Waals surface area contributed by atoms with E-state index in [0.717, 1.165) is 48.4 Å². The van der Waals surface area contributed by atoms with Gasteiger partial charge in [-0.15, -0.1) is 0 Å². The average molecular weight is 547 g/mol. The molecule has 9 heteroatoms. The molecule has 4 aliphatic carbocycles. The van der Waals surface area contributed by atoms with Gasteiger partial charge in [0.25, 0.3) is 5.91 Å². The summed E-state index contributed by atoms with van der Waals surface area (Å²) in [7, 11) is -3.59. The number of rotatable bonds is 6. The van der Waals surface area contributed by atoms with E-state index >= 15 is 0 Å². The van der Waals surface area contributed by atoms with Crippen LogP contribution in [0.2, 0.25) is 0 Å². The molecule has 0 spiro atoms. The van der Waals surface area contributed by atoms with E-state index in [2.05, 4.69) is 5.32 Å². The first-order chi connectivity index (χ1) is 18.9. The van der Waals surface area contributed by atoms with Crippen molar-refractivity contribution in [3.05, 3.63) is 72.1 Å². The lowest BCUT2D eigenvalue weighted by molar-refractivity contribution is -0.00765. The van der Waals surface area contributed by atoms with E-state index in [1.807, 2.05) is 41.2 Å². The van der Waals surface area contributed by atoms with Gasteiger partial charge in [0.15, 0.2) is 0 Å². The summed E-state index contributed by atoms with van der Waals surface area (Å²) in [6, 6.07) is 16.4. The summed E-state index contributed by atoms with van der Waals surface area (Å²) < 4.78 is 34.6. The Balaban J connectivity index is 1.19. The minimum Gasteiger partial charge on any atom is -0.379 e. The van der Waals surface area contributed by atoms with Crippen molar-refractivity contribution in [1.82, 2.24) is 14.1 Å². The van der Waals surface area contributed by atoms with E-state index in [-0.39, 0.29) is 16.2 Å². The zero-order valence-electron chi connectivity index (χ0n) is 22.0. The third kappa shape index (κ3) is 4.50. The minimum atomic E-state index is -3.59. The van der Waals surface area contributed by atoms with Crippen LogP contribution in [0.15, 0.2) is 65.7 Å². The van der Waals surface area contributed by atoms with Gasteiger partial charge in [-0.1, -0.05) is 18.2 Å². The van der Waals surface area contributed by atoms with Gasteiger partial charge in [-0.05, 0) is 92.7 Å². The predicted octanol–water partition coefficient (Wildman–Crippen LogP) is 4.61. The molecule has 4 bridgehead atoms. The molecular formula is C30H34N4O4S. The lowest BCUT2D eigenvalue weighted by atomic mass is 9.48. The molecule has 2 heterocycles. The molecule has 1 aliphatic heterocycles. The predicted molar refractivity (Wildman–Crippen MR) is 147 cm³/mol. The molecule has 5 fully saturated rings. The van der Waals surface area contributed by atoms with Gasteiger partial charge in [0.2, 0.25) is 10.0 Å². The first kappa shape index (κ1) is 25.0. The summed E-state index contributed by atoms with van der Waals surface area (Å²) in [5.41, 5.74) is 2.99. The summed E-state index contributed by atoms with van der Waals surface area (Å²) >= 11 is 0. The van der Waals surface area contributed by atoms with Crippen molar-refractivity contribution >= 4 is 21.6 Å². The molecule has 39 heavy (non-hydrogen) atoms. The fourth-order valence-electron chi connectivity index (χ4n) is 7.89. The van der Waals surface area contributed by atoms with Crippen molar-refractivity contribution in [2.75, 3.05) is 31.6 Å². The zero-order chi connectivity index (χ0) is 26.6. The van der Waals surface area contributed by atoms with E-state index in [1.54, 1.807) is 24.3 Å². The molecule has 1 N–H and O–H groups in total. The highest BCUT2D eigenvalue weighted by atomic mass is 32.2. The van der Waals surface area contributed by atoms with Crippen molar-refractivity contribution in [2.24, 2.45) is 17.8 Å². The zero-order valence-corrected chi connectivity index (χ0v) is 22.8. The number of aromatic nitrogens is 2. The molecule has 1 saturated heterocycles. The first-order valence-electron chi connectivity index (χ1n) is 14.0. The SMILES string of the molecule is O=C(Nc1ccc(S(=O)(=O)N2CCOCC2)cc1)c1cn(-c2ccccc2)nc1C12CC3CC(CC(C3)C1)C2. The van der Waals surface area contributed by atoms with E-state index in [1.165, 1.54) is 23.6 Å². The normalized spacial score (nSPS) is 28.5. The second kappa shape index (κ2) is 9.57. The van der Waals surface area contributed by atoms with Gasteiger partial charge in [-0.3, -0.25) is 4.79 Å². The standard InChI is InChI=1S/C30H34N4O4S/c35-29(31-24-6-8-26(9-7-24)39(36,37)33-10-12-38-13-11-33)27-20-34(25-4-2-1-3-5-25)32-28(27)30-17-21-14-22(18-30)16-23(15-21)19-30/h1-9,20-23H,10-19H2,(H,31,35). The van der Waals surface area contributed by atoms with Gasteiger partial charge >= 0.3 is 0 Å². The maximum atomic E-state index is 13.8. The number of carbonyl (C=O) groups is 1. The van der Waals surface area contributed by atoms with Crippen LogP contribution in [0.25, 0.3) is 5.69 Å². The number of para-hydroxylation sites is 1. The molecule has 8 rings (SSSR count). The highest BCUT2D eigenvalue weighted by Gasteiger charge is 2.54. The van der Waals surface area contributed by atoms with Gasteiger partial charge < -0.3 is 10.1 Å². The van der Waals surface area contributed by atoms with Crippen LogP contribution in [0.3, 0.4) is 0 Å². The summed E-state index contributed by atoms with van der Waals surface area (Å²) in [5, 5.41) is 8.13. The van der Waals surface area contributed by atoms with Crippen LogP contribution in [0.5, 0.6) is 0 Å². The molecule has 8 nitrogen and oxygen atoms in total. The molecule has 3 aromatic rings. The molecular weight excluding hydrogens is 512 g/mol. The number of nitrogens with one attached hydrogen (secondary N) is 1. The van der Waals surface area contributed by atoms with E-state index in [0.29, 0.717) is 37.6 Å². The van der Waals surface area contributed by atoms with Crippen molar-refractivity contribution in [3.8, 4) is 5.69 Å². The largest absolute Gasteiger partial charge is 0.379 e. The number of benzene rings is 2. The molecule has 1 aromatic heterocycles. The Morgan fingerprint density at radius 2 is 1.51 bits per heavy atom. The number of ether oxygens (including phenoxy) is 1. The molecule has 4 saturated carbocycles. The van der Waals surface area contributed by atoms with Gasteiger partial charge in [0.1, 0.15) is 0 Å². The van der Waals surface area contributed by atoms with Crippen LogP contribution in [-0.4, -0.2) is 54.7 Å². The van der Waals surface area contributed by atoms with Gasteiger partial charge in [0.05, 0.1) is 35.1 Å². The number of hydrogen-bond acceptors (Lipinski definition) is 5. The summed E-state index contributed by atoms with van der Waals surface area (Å²) in [6.07, 6.45) is 9.16. The van der Waals surface area contributed by atoms with Crippen molar-refractivity contribution in [1.29, 1.82) is 0 Å². The second-order valence-electron chi connectivity index (χ2n) is 11.9. The number of sulfonamides is 1. The number of morpholine rings is 1. The lowest BCUT2D eigenvalue weighted by Gasteiger charge is -2.56. The lowest BCUT2D eigenvalue weighted by Crippen LogP contribution is -2.49. The van der Waals surface area contributed by atoms with Crippen LogP contribution in [0.4, 0.5) is 5.69 Å². The molecule has 5 aliphatic rings. The molecule has 0 atom stereocenters. The summed E-state index contributed by atoms with van der Waals surface area (Å²) in [6.45, 7) is 1.49. The maximum absolute atomic E-state index is 13.8. The first-order valence-corrected chi connectivity index (χ1v) is 15.5. The van der Waals surface area contributed by atoms with Crippen molar-refractivity contribution in [2.45, 2.75) is 48.8 Å². The third-order valence-electron chi connectivity index (χ3n) is 9.24. The van der Waals surface area contributed by atoms with E-state index in [4.69, 9.17) is 9.84 Å². The highest BCUT2D eigenvalue weighted by Crippen LogP contribution is 2.61. The molecule has 1 amide bonds. The van der Waals surface area contributed by atoms with Crippen LogP contribution in [-0.2, 0) is 20.2 Å². The monoisotopic (exact) mass is 546 g/mol. The number of carbonyl (C=O) groups excluding carboxylic acids is 1. The Bertz CT molecular complexity index is 1440. The van der Waals surface area contributed by atoms with Crippen LogP contribution >= 0.6 is 0 Å². The van der Waals surface area contributed by atoms with Crippen molar-refractivity contribution < 1.29 is 17.9 Å². The number of nitrogens with zero attached hydrogens (tertiary/aromatic N) is 3. The van der Waals surface area contributed by atoms with Crippen molar-refractivity contribution in [3.63, 3.8) is 0 Å². The van der Waals surface area contributed by atoms with Crippen LogP contribution < -0.4 is 5.32 Å². The quantitative estimate of drug-likeness (QED) is 0.487. The van der Waals surface area contributed by atoms with E-state index in [9.17, 15) is 13.2 Å². The Labute approximate surface area is 229 Å². The fourth-order valence-corrected chi connectivity index (χ4v) is 9.30. The minimum absolute atomic E-state index is 0.0441. The Morgan fingerprint density at radius 1 is 0.897 bits per heavy atom. The molecule has 204 valence electrons. The molecule has 0 unspecified atom stereocenters. The number of hydrogen-bond donors (Lipinski definition) is 1. The molecule has 0 radical (unpaired) electrons. The van der Waals surface area contributed by atoms with Gasteiger partial charge in [0, 0.05) is 30.4 Å². The van der Waals surface area contributed by atoms with Gasteiger partial charge in [-0.2, -0.15) is 9.40 Å². The van der Waals surface area contributed by atoms with Gasteiger partial charge in [-0.25, -0.2) is 13.1 Å². The molecule has 2 aromatic carbocycles. The average Bonchev–Trinajstić information content (AvgIpc) is 3.41. The highest BCUT2D eigenvalue weighted by molar-refractivity contribution is 7.89. The Kier molecular flexibility index (Phi) is 6.13. The van der Waals surface area contributed by atoms with E-state index < -0.39 is 10.0 Å². The Morgan fingerprint density at radius 3 is 2.13 bits per heavy atom. The van der Waals surface area contributed by atoms with Crippen LogP contribution in [0.1, 0.15) is 54.6 Å². The summed E-state index contributed by atoms with van der Waals surface area (Å²) in [5.74, 6) is 1.99. The second-order valence-corrected chi connectivity index (χ2v) is 13.8. The van der Waals surface area contributed by atoms with Crippen LogP contribution in [0, 0.1) is 17.8 Å². The number of anilines is 1. The Hall–Kier alpha value is -3.01. The maximum Gasteiger partial charge on any atom is 0.259 e. The smallest absolute Gasteiger partial charge is 0.259 e. The summed E-state index contributed by atoms with van der Waals surface area (Å²) in [4.78, 5) is 14.0. The topological polar surface area (TPSA) is 93.5 Å². The number of amides is 1.